The van der Waals surface area contributed by atoms with Crippen molar-refractivity contribution in [3.05, 3.63) is 40.7 Å². The molecule has 8 heteroatoms. The van der Waals surface area contributed by atoms with Crippen molar-refractivity contribution in [3.63, 3.8) is 0 Å². The second kappa shape index (κ2) is 7.87. The fraction of sp³-hybridized carbons (Fsp3) is 0.526. The van der Waals surface area contributed by atoms with Crippen LogP contribution in [0.25, 0.3) is 0 Å². The Labute approximate surface area is 164 Å². The zero-order valence-corrected chi connectivity index (χ0v) is 17.1. The van der Waals surface area contributed by atoms with Gasteiger partial charge in [-0.1, -0.05) is 6.42 Å². The molecule has 27 heavy (non-hydrogen) atoms. The third-order valence-corrected chi connectivity index (χ3v) is 7.78. The van der Waals surface area contributed by atoms with Crippen LogP contribution in [0.4, 0.5) is 5.82 Å². The van der Waals surface area contributed by atoms with Crippen LogP contribution in [0.2, 0.25) is 0 Å². The maximum absolute atomic E-state index is 13.3. The fourth-order valence-corrected chi connectivity index (χ4v) is 6.21. The van der Waals surface area contributed by atoms with Crippen molar-refractivity contribution in [1.82, 2.24) is 9.29 Å². The second-order valence-electron chi connectivity index (χ2n) is 7.19. The third-order valence-electron chi connectivity index (χ3n) is 5.16. The highest BCUT2D eigenvalue weighted by Crippen LogP contribution is 2.33. The van der Waals surface area contributed by atoms with Gasteiger partial charge in [-0.3, -0.25) is 0 Å². The van der Waals surface area contributed by atoms with E-state index in [1.54, 1.807) is 34.0 Å². The predicted octanol–water partition coefficient (Wildman–Crippen LogP) is 3.28. The lowest BCUT2D eigenvalue weighted by Crippen LogP contribution is -2.44. The van der Waals surface area contributed by atoms with Crippen LogP contribution in [0.15, 0.2) is 40.1 Å². The number of piperidine rings is 1. The summed E-state index contributed by atoms with van der Waals surface area (Å²) in [6.07, 6.45) is 4.52. The minimum atomic E-state index is -3.54. The van der Waals surface area contributed by atoms with E-state index in [4.69, 9.17) is 4.74 Å². The summed E-state index contributed by atoms with van der Waals surface area (Å²) in [7, 11) is -3.54. The van der Waals surface area contributed by atoms with Crippen molar-refractivity contribution in [2.45, 2.75) is 43.3 Å². The summed E-state index contributed by atoms with van der Waals surface area (Å²) in [5.74, 6) is 0.540. The molecule has 2 aromatic rings. The number of anilines is 1. The number of morpholine rings is 1. The molecule has 2 unspecified atom stereocenters. The molecule has 4 rings (SSSR count). The molecule has 0 amide bonds. The molecule has 6 nitrogen and oxygen atoms in total. The van der Waals surface area contributed by atoms with Gasteiger partial charge in [0, 0.05) is 32.4 Å². The molecule has 2 aliphatic heterocycles. The van der Waals surface area contributed by atoms with Crippen molar-refractivity contribution in [2.75, 3.05) is 31.1 Å². The van der Waals surface area contributed by atoms with Crippen molar-refractivity contribution in [3.8, 4) is 0 Å². The Balaban J connectivity index is 1.66. The zero-order valence-electron chi connectivity index (χ0n) is 15.5. The van der Waals surface area contributed by atoms with Crippen LogP contribution in [-0.4, -0.2) is 50.0 Å². The standard InChI is InChI=1S/C19H25N3O3S2/c1-15-12-21(13-17(25-15)16-7-11-26-14-16)19-18(6-5-8-20-19)27(23,24)22-9-3-2-4-10-22/h5-8,11,14-15,17H,2-4,9-10,12-13H2,1H3. The minimum Gasteiger partial charge on any atom is -0.367 e. The Morgan fingerprint density at radius 3 is 2.74 bits per heavy atom. The summed E-state index contributed by atoms with van der Waals surface area (Å²) < 4.78 is 34.3. The maximum Gasteiger partial charge on any atom is 0.246 e. The molecule has 2 saturated heterocycles. The largest absolute Gasteiger partial charge is 0.367 e. The normalized spacial score (nSPS) is 24.9. The average molecular weight is 408 g/mol. The van der Waals surface area contributed by atoms with Crippen LogP contribution in [0.5, 0.6) is 0 Å². The number of rotatable bonds is 4. The smallest absolute Gasteiger partial charge is 0.246 e. The monoisotopic (exact) mass is 407 g/mol. The first-order valence-corrected chi connectivity index (χ1v) is 11.8. The van der Waals surface area contributed by atoms with Crippen LogP contribution in [0.1, 0.15) is 37.9 Å². The molecule has 2 atom stereocenters. The molecule has 0 saturated carbocycles. The van der Waals surface area contributed by atoms with Gasteiger partial charge in [-0.15, -0.1) is 0 Å². The molecule has 0 aliphatic carbocycles. The summed E-state index contributed by atoms with van der Waals surface area (Å²) >= 11 is 1.64. The predicted molar refractivity (Wildman–Crippen MR) is 107 cm³/mol. The van der Waals surface area contributed by atoms with E-state index in [0.29, 0.717) is 36.9 Å². The van der Waals surface area contributed by atoms with E-state index in [0.717, 1.165) is 24.8 Å². The van der Waals surface area contributed by atoms with Gasteiger partial charge in [0.15, 0.2) is 0 Å². The minimum absolute atomic E-state index is 0.00352. The van der Waals surface area contributed by atoms with Crippen molar-refractivity contribution in [2.24, 2.45) is 0 Å². The summed E-state index contributed by atoms with van der Waals surface area (Å²) in [6, 6.07) is 5.46. The molecule has 2 aliphatic rings. The van der Waals surface area contributed by atoms with Crippen LogP contribution in [-0.2, 0) is 14.8 Å². The number of ether oxygens (including phenoxy) is 1. The average Bonchev–Trinajstić information content (AvgIpc) is 3.23. The van der Waals surface area contributed by atoms with E-state index >= 15 is 0 Å². The lowest BCUT2D eigenvalue weighted by molar-refractivity contribution is -0.0175. The van der Waals surface area contributed by atoms with Gasteiger partial charge in [0.05, 0.1) is 6.10 Å². The highest BCUT2D eigenvalue weighted by molar-refractivity contribution is 7.89. The topological polar surface area (TPSA) is 62.7 Å². The molecule has 146 valence electrons. The Morgan fingerprint density at radius 1 is 1.19 bits per heavy atom. The highest BCUT2D eigenvalue weighted by Gasteiger charge is 2.34. The van der Waals surface area contributed by atoms with Crippen LogP contribution in [0.3, 0.4) is 0 Å². The van der Waals surface area contributed by atoms with Crippen LogP contribution < -0.4 is 4.90 Å². The number of aromatic nitrogens is 1. The zero-order chi connectivity index (χ0) is 18.9. The first kappa shape index (κ1) is 18.9. The lowest BCUT2D eigenvalue weighted by atomic mass is 10.1. The second-order valence-corrected chi connectivity index (χ2v) is 9.87. The van der Waals surface area contributed by atoms with Gasteiger partial charge in [0.2, 0.25) is 10.0 Å². The molecule has 2 fully saturated rings. The molecule has 0 radical (unpaired) electrons. The Morgan fingerprint density at radius 2 is 2.00 bits per heavy atom. The summed E-state index contributed by atoms with van der Waals surface area (Å²) in [5.41, 5.74) is 1.13. The first-order chi connectivity index (χ1) is 13.1. The quantitative estimate of drug-likeness (QED) is 0.778. The number of sulfonamides is 1. The van der Waals surface area contributed by atoms with Crippen molar-refractivity contribution < 1.29 is 13.2 Å². The number of thiophene rings is 1. The molecule has 4 heterocycles. The molecular formula is C19H25N3O3S2. The molecule has 2 aromatic heterocycles. The van der Waals surface area contributed by atoms with Crippen LogP contribution >= 0.6 is 11.3 Å². The molecule has 0 spiro atoms. The number of pyridine rings is 1. The van der Waals surface area contributed by atoms with E-state index in [9.17, 15) is 8.42 Å². The van der Waals surface area contributed by atoms with Crippen LogP contribution in [0, 0.1) is 0 Å². The van der Waals surface area contributed by atoms with E-state index in [1.807, 2.05) is 12.3 Å². The summed E-state index contributed by atoms with van der Waals surface area (Å²) in [6.45, 7) is 4.43. The fourth-order valence-electron chi connectivity index (χ4n) is 3.83. The van der Waals surface area contributed by atoms with Gasteiger partial charge >= 0.3 is 0 Å². The Hall–Kier alpha value is -1.48. The molecule has 0 aromatic carbocycles. The Kier molecular flexibility index (Phi) is 5.50. The third kappa shape index (κ3) is 3.89. The van der Waals surface area contributed by atoms with E-state index in [1.165, 1.54) is 0 Å². The van der Waals surface area contributed by atoms with Crippen molar-refractivity contribution >= 4 is 27.2 Å². The van der Waals surface area contributed by atoms with Gasteiger partial charge < -0.3 is 9.64 Å². The van der Waals surface area contributed by atoms with Gasteiger partial charge in [-0.2, -0.15) is 15.6 Å². The van der Waals surface area contributed by atoms with Crippen molar-refractivity contribution in [1.29, 1.82) is 0 Å². The lowest BCUT2D eigenvalue weighted by Gasteiger charge is -2.38. The SMILES string of the molecule is CC1CN(c2ncccc2S(=O)(=O)N2CCCCC2)CC(c2ccsc2)O1. The number of hydrogen-bond donors (Lipinski definition) is 0. The molecule has 0 N–H and O–H groups in total. The molecule has 0 bridgehead atoms. The maximum atomic E-state index is 13.3. The van der Waals surface area contributed by atoms with Gasteiger partial charge in [-0.05, 0) is 54.3 Å². The Bertz CT molecular complexity index is 864. The van der Waals surface area contributed by atoms with E-state index in [2.05, 4.69) is 21.3 Å². The highest BCUT2D eigenvalue weighted by atomic mass is 32.2. The van der Waals surface area contributed by atoms with Gasteiger partial charge in [0.25, 0.3) is 0 Å². The number of nitrogens with zero attached hydrogens (tertiary/aromatic N) is 3. The summed E-state index contributed by atoms with van der Waals surface area (Å²) in [4.78, 5) is 6.85. The number of hydrogen-bond acceptors (Lipinski definition) is 6. The van der Waals surface area contributed by atoms with Gasteiger partial charge in [0.1, 0.15) is 16.8 Å². The van der Waals surface area contributed by atoms with E-state index in [-0.39, 0.29) is 12.2 Å². The van der Waals surface area contributed by atoms with E-state index < -0.39 is 10.0 Å². The van der Waals surface area contributed by atoms with Gasteiger partial charge in [-0.25, -0.2) is 13.4 Å². The first-order valence-electron chi connectivity index (χ1n) is 9.43. The molecular weight excluding hydrogens is 382 g/mol. The summed E-state index contributed by atoms with van der Waals surface area (Å²) in [5, 5.41) is 4.13.